The fourth-order valence-corrected chi connectivity index (χ4v) is 2.93. The monoisotopic (exact) mass is 402 g/mol. The molecule has 5 nitrogen and oxygen atoms in total. The van der Waals surface area contributed by atoms with E-state index in [0.717, 1.165) is 20.9 Å². The van der Waals surface area contributed by atoms with Crippen molar-refractivity contribution in [3.8, 4) is 0 Å². The standard InChI is InChI=1S/C18H16BrFN4O/c19-13-3-6-16-15(8-13)18(24-10-23-16)22-9-12(17(21)25)7-11-1-4-14(20)5-2-11/h1-6,8,10,12H,7,9H2,(H2,21,25)(H,22,23,24). The van der Waals surface area contributed by atoms with E-state index in [1.54, 1.807) is 12.1 Å². The lowest BCUT2D eigenvalue weighted by Crippen LogP contribution is -2.31. The zero-order valence-corrected chi connectivity index (χ0v) is 14.8. The maximum atomic E-state index is 13.0. The van der Waals surface area contributed by atoms with Crippen LogP contribution < -0.4 is 11.1 Å². The predicted octanol–water partition coefficient (Wildman–Crippen LogP) is 3.29. The molecule has 1 atom stereocenters. The van der Waals surface area contributed by atoms with Gasteiger partial charge in [-0.05, 0) is 42.3 Å². The average molecular weight is 403 g/mol. The molecule has 0 bridgehead atoms. The summed E-state index contributed by atoms with van der Waals surface area (Å²) < 4.78 is 13.9. The molecule has 0 aliphatic heterocycles. The van der Waals surface area contributed by atoms with Gasteiger partial charge in [-0.2, -0.15) is 0 Å². The van der Waals surface area contributed by atoms with Crippen LogP contribution in [-0.2, 0) is 11.2 Å². The first-order valence-corrected chi connectivity index (χ1v) is 8.50. The van der Waals surface area contributed by atoms with Crippen LogP contribution in [-0.4, -0.2) is 22.4 Å². The van der Waals surface area contributed by atoms with E-state index in [-0.39, 0.29) is 5.82 Å². The number of fused-ring (bicyclic) bond motifs is 1. The van der Waals surface area contributed by atoms with E-state index in [1.807, 2.05) is 18.2 Å². The molecule has 0 radical (unpaired) electrons. The zero-order valence-electron chi connectivity index (χ0n) is 13.2. The molecule has 3 aromatic rings. The Kier molecular flexibility index (Phi) is 5.23. The van der Waals surface area contributed by atoms with Gasteiger partial charge in [-0.15, -0.1) is 0 Å². The molecule has 1 amide bonds. The number of nitrogens with two attached hydrogens (primary N) is 1. The van der Waals surface area contributed by atoms with Crippen LogP contribution in [0.15, 0.2) is 53.3 Å². The number of amides is 1. The van der Waals surface area contributed by atoms with Crippen molar-refractivity contribution in [3.05, 3.63) is 64.6 Å². The largest absolute Gasteiger partial charge is 0.369 e. The van der Waals surface area contributed by atoms with Crippen molar-refractivity contribution >= 4 is 38.6 Å². The highest BCUT2D eigenvalue weighted by Gasteiger charge is 2.17. The Morgan fingerprint density at radius 2 is 1.96 bits per heavy atom. The Morgan fingerprint density at radius 1 is 1.20 bits per heavy atom. The molecule has 3 rings (SSSR count). The molecule has 0 aliphatic carbocycles. The summed E-state index contributed by atoms with van der Waals surface area (Å²) in [6.07, 6.45) is 1.90. The van der Waals surface area contributed by atoms with Gasteiger partial charge in [-0.25, -0.2) is 14.4 Å². The SMILES string of the molecule is NC(=O)C(CNc1ncnc2ccc(Br)cc12)Cc1ccc(F)cc1. The number of primary amides is 1. The van der Waals surface area contributed by atoms with E-state index in [4.69, 9.17) is 5.73 Å². The number of nitrogens with zero attached hydrogens (tertiary/aromatic N) is 2. The molecule has 0 fully saturated rings. The normalized spacial score (nSPS) is 12.1. The van der Waals surface area contributed by atoms with Crippen LogP contribution in [0.3, 0.4) is 0 Å². The topological polar surface area (TPSA) is 80.9 Å². The number of hydrogen-bond acceptors (Lipinski definition) is 4. The van der Waals surface area contributed by atoms with Gasteiger partial charge in [0.1, 0.15) is 18.0 Å². The second-order valence-electron chi connectivity index (χ2n) is 5.69. The van der Waals surface area contributed by atoms with E-state index < -0.39 is 11.8 Å². The van der Waals surface area contributed by atoms with E-state index in [9.17, 15) is 9.18 Å². The summed E-state index contributed by atoms with van der Waals surface area (Å²) in [6.45, 7) is 0.325. The summed E-state index contributed by atoms with van der Waals surface area (Å²) >= 11 is 3.43. The highest BCUT2D eigenvalue weighted by atomic mass is 79.9. The summed E-state index contributed by atoms with van der Waals surface area (Å²) in [6, 6.07) is 11.8. The quantitative estimate of drug-likeness (QED) is 0.662. The average Bonchev–Trinajstić information content (AvgIpc) is 2.60. The van der Waals surface area contributed by atoms with Crippen molar-refractivity contribution in [2.45, 2.75) is 6.42 Å². The van der Waals surface area contributed by atoms with Gasteiger partial charge >= 0.3 is 0 Å². The number of anilines is 1. The summed E-state index contributed by atoms with van der Waals surface area (Å²) in [5.41, 5.74) is 7.17. The molecule has 1 heterocycles. The van der Waals surface area contributed by atoms with Gasteiger partial charge < -0.3 is 11.1 Å². The van der Waals surface area contributed by atoms with Gasteiger partial charge in [0.05, 0.1) is 11.4 Å². The van der Waals surface area contributed by atoms with E-state index in [0.29, 0.717) is 18.8 Å². The first-order valence-electron chi connectivity index (χ1n) is 7.71. The molecular formula is C18H16BrFN4O. The third kappa shape index (κ3) is 4.30. The van der Waals surface area contributed by atoms with Crippen LogP contribution in [0.5, 0.6) is 0 Å². The maximum Gasteiger partial charge on any atom is 0.222 e. The number of nitrogens with one attached hydrogen (secondary N) is 1. The molecule has 25 heavy (non-hydrogen) atoms. The predicted molar refractivity (Wildman–Crippen MR) is 98.5 cm³/mol. The van der Waals surface area contributed by atoms with Crippen molar-refractivity contribution in [2.75, 3.05) is 11.9 Å². The number of aromatic nitrogens is 2. The van der Waals surface area contributed by atoms with Crippen molar-refractivity contribution in [2.24, 2.45) is 11.7 Å². The minimum absolute atomic E-state index is 0.310. The molecule has 0 saturated heterocycles. The van der Waals surface area contributed by atoms with Crippen LogP contribution in [0.2, 0.25) is 0 Å². The van der Waals surface area contributed by atoms with Gasteiger partial charge in [0.2, 0.25) is 5.91 Å². The summed E-state index contributed by atoms with van der Waals surface area (Å²) in [5, 5.41) is 4.03. The second-order valence-corrected chi connectivity index (χ2v) is 6.61. The maximum absolute atomic E-state index is 13.0. The van der Waals surface area contributed by atoms with Gasteiger partial charge in [0, 0.05) is 16.4 Å². The Bertz CT molecular complexity index is 901. The minimum atomic E-state index is -0.442. The van der Waals surface area contributed by atoms with Crippen molar-refractivity contribution in [3.63, 3.8) is 0 Å². The number of rotatable bonds is 6. The molecule has 1 unspecified atom stereocenters. The van der Waals surface area contributed by atoms with Crippen molar-refractivity contribution in [1.82, 2.24) is 9.97 Å². The van der Waals surface area contributed by atoms with Crippen LogP contribution in [0, 0.1) is 11.7 Å². The highest BCUT2D eigenvalue weighted by Crippen LogP contribution is 2.23. The van der Waals surface area contributed by atoms with Crippen molar-refractivity contribution < 1.29 is 9.18 Å². The van der Waals surface area contributed by atoms with Crippen LogP contribution in [0.4, 0.5) is 10.2 Å². The number of halogens is 2. The summed E-state index contributed by atoms with van der Waals surface area (Å²) in [7, 11) is 0. The van der Waals surface area contributed by atoms with Gasteiger partial charge in [-0.3, -0.25) is 4.79 Å². The highest BCUT2D eigenvalue weighted by molar-refractivity contribution is 9.10. The Morgan fingerprint density at radius 3 is 2.68 bits per heavy atom. The van der Waals surface area contributed by atoms with Gasteiger partial charge in [0.15, 0.2) is 0 Å². The number of carbonyl (C=O) groups excluding carboxylic acids is 1. The molecule has 7 heteroatoms. The molecular weight excluding hydrogens is 387 g/mol. The first kappa shape index (κ1) is 17.3. The number of benzene rings is 2. The summed E-state index contributed by atoms with van der Waals surface area (Å²) in [4.78, 5) is 20.3. The fraction of sp³-hybridized carbons (Fsp3) is 0.167. The fourth-order valence-electron chi connectivity index (χ4n) is 2.57. The third-order valence-electron chi connectivity index (χ3n) is 3.91. The van der Waals surface area contributed by atoms with E-state index in [1.165, 1.54) is 18.5 Å². The van der Waals surface area contributed by atoms with E-state index >= 15 is 0 Å². The smallest absolute Gasteiger partial charge is 0.222 e. The van der Waals surface area contributed by atoms with Crippen LogP contribution in [0.25, 0.3) is 10.9 Å². The lowest BCUT2D eigenvalue weighted by Gasteiger charge is -2.16. The van der Waals surface area contributed by atoms with Crippen molar-refractivity contribution in [1.29, 1.82) is 0 Å². The minimum Gasteiger partial charge on any atom is -0.369 e. The Hall–Kier alpha value is -2.54. The Balaban J connectivity index is 1.77. The number of hydrogen-bond donors (Lipinski definition) is 2. The molecule has 0 aliphatic rings. The third-order valence-corrected chi connectivity index (χ3v) is 4.40. The lowest BCUT2D eigenvalue weighted by molar-refractivity contribution is -0.121. The molecule has 2 aromatic carbocycles. The summed E-state index contributed by atoms with van der Waals surface area (Å²) in [5.74, 6) is -0.536. The molecule has 0 spiro atoms. The number of carbonyl (C=O) groups is 1. The molecule has 128 valence electrons. The van der Waals surface area contributed by atoms with E-state index in [2.05, 4.69) is 31.2 Å². The molecule has 0 saturated carbocycles. The first-order chi connectivity index (χ1) is 12.0. The second kappa shape index (κ2) is 7.57. The van der Waals surface area contributed by atoms with Crippen LogP contribution >= 0.6 is 15.9 Å². The lowest BCUT2D eigenvalue weighted by atomic mass is 9.98. The molecule has 1 aromatic heterocycles. The Labute approximate surface area is 152 Å². The van der Waals surface area contributed by atoms with Crippen LogP contribution in [0.1, 0.15) is 5.56 Å². The zero-order chi connectivity index (χ0) is 17.8. The molecule has 3 N–H and O–H groups in total. The van der Waals surface area contributed by atoms with Gasteiger partial charge in [0.25, 0.3) is 0 Å². The van der Waals surface area contributed by atoms with Gasteiger partial charge in [-0.1, -0.05) is 28.1 Å².